The van der Waals surface area contributed by atoms with Crippen molar-refractivity contribution in [1.29, 1.82) is 0 Å². The van der Waals surface area contributed by atoms with Crippen molar-refractivity contribution in [2.24, 2.45) is 5.73 Å². The van der Waals surface area contributed by atoms with Crippen molar-refractivity contribution in [1.82, 2.24) is 14.7 Å². The van der Waals surface area contributed by atoms with Crippen LogP contribution in [0.25, 0.3) is 0 Å². The highest BCUT2D eigenvalue weighted by Gasteiger charge is 2.31. The second-order valence-electron chi connectivity index (χ2n) is 4.64. The summed E-state index contributed by atoms with van der Waals surface area (Å²) in [7, 11) is 0. The van der Waals surface area contributed by atoms with Crippen LogP contribution < -0.4 is 5.73 Å². The largest absolute Gasteiger partial charge is 0.313 e. The summed E-state index contributed by atoms with van der Waals surface area (Å²) in [5.41, 5.74) is 5.06. The van der Waals surface area contributed by atoms with E-state index in [0.29, 0.717) is 0 Å². The molecule has 0 atom stereocenters. The standard InChI is InChI=1S/C9H6N2O4.C5H6N2O2/c12-6-1-2-7(13)10(6)5-11-8(14)3-4-9(11)15;6-3-7-4(8)1-2-5(7)9/h1-4H,5H2;1-2H,3,6H2. The Morgan fingerprint density at radius 1 is 0.542 bits per heavy atom. The summed E-state index contributed by atoms with van der Waals surface area (Å²) in [6.45, 7) is -0.361. The monoisotopic (exact) mass is 332 g/mol. The van der Waals surface area contributed by atoms with Gasteiger partial charge in [0.15, 0.2) is 0 Å². The molecule has 0 saturated carbocycles. The maximum atomic E-state index is 11.1. The Morgan fingerprint density at radius 2 is 0.792 bits per heavy atom. The number of hydrogen-bond acceptors (Lipinski definition) is 7. The second kappa shape index (κ2) is 6.79. The first kappa shape index (κ1) is 17.0. The lowest BCUT2D eigenvalue weighted by molar-refractivity contribution is -0.146. The van der Waals surface area contributed by atoms with Crippen molar-refractivity contribution in [3.63, 3.8) is 0 Å². The molecular formula is C14H12N4O6. The van der Waals surface area contributed by atoms with Crippen molar-refractivity contribution in [3.05, 3.63) is 36.5 Å². The first-order chi connectivity index (χ1) is 11.3. The Balaban J connectivity index is 0.000000198. The molecule has 0 fully saturated rings. The van der Waals surface area contributed by atoms with Crippen molar-refractivity contribution in [3.8, 4) is 0 Å². The fourth-order valence-electron chi connectivity index (χ4n) is 1.89. The zero-order chi connectivity index (χ0) is 17.9. The first-order valence-electron chi connectivity index (χ1n) is 6.66. The number of nitrogens with two attached hydrogens (primary N) is 1. The summed E-state index contributed by atoms with van der Waals surface area (Å²) in [5.74, 6) is -2.75. The van der Waals surface area contributed by atoms with Crippen molar-refractivity contribution in [2.45, 2.75) is 0 Å². The van der Waals surface area contributed by atoms with E-state index in [0.717, 1.165) is 39.0 Å². The molecule has 0 aromatic carbocycles. The van der Waals surface area contributed by atoms with E-state index >= 15 is 0 Å². The number of hydrogen-bond donors (Lipinski definition) is 1. The van der Waals surface area contributed by atoms with E-state index in [1.54, 1.807) is 0 Å². The quantitative estimate of drug-likeness (QED) is 0.569. The van der Waals surface area contributed by atoms with Crippen LogP contribution in [0, 0.1) is 0 Å². The summed E-state index contributed by atoms with van der Waals surface area (Å²) in [4.78, 5) is 68.2. The second-order valence-corrected chi connectivity index (χ2v) is 4.64. The smallest absolute Gasteiger partial charge is 0.255 e. The van der Waals surface area contributed by atoms with Crippen molar-refractivity contribution >= 4 is 35.4 Å². The average Bonchev–Trinajstić information content (AvgIpc) is 3.15. The van der Waals surface area contributed by atoms with Gasteiger partial charge in [-0.25, -0.2) is 0 Å². The highest BCUT2D eigenvalue weighted by atomic mass is 16.2. The van der Waals surface area contributed by atoms with E-state index in [1.165, 1.54) is 12.2 Å². The average molecular weight is 332 g/mol. The molecule has 2 N–H and O–H groups in total. The van der Waals surface area contributed by atoms with Crippen LogP contribution in [0.1, 0.15) is 0 Å². The van der Waals surface area contributed by atoms with Crippen LogP contribution in [0.15, 0.2) is 36.5 Å². The van der Waals surface area contributed by atoms with Gasteiger partial charge in [-0.1, -0.05) is 0 Å². The van der Waals surface area contributed by atoms with Crippen LogP contribution >= 0.6 is 0 Å². The number of carbonyl (C=O) groups excluding carboxylic acids is 6. The number of amides is 6. The molecule has 6 amide bonds. The molecule has 3 aliphatic rings. The Morgan fingerprint density at radius 3 is 1.00 bits per heavy atom. The summed E-state index contributed by atoms with van der Waals surface area (Å²) < 4.78 is 0. The molecule has 0 saturated heterocycles. The van der Waals surface area contributed by atoms with Crippen LogP contribution in [0.5, 0.6) is 0 Å². The molecule has 0 aliphatic carbocycles. The van der Waals surface area contributed by atoms with Crippen LogP contribution in [0.3, 0.4) is 0 Å². The third-order valence-corrected chi connectivity index (χ3v) is 3.17. The highest BCUT2D eigenvalue weighted by molar-refractivity contribution is 6.16. The number of nitrogens with zero attached hydrogens (tertiary/aromatic N) is 3. The van der Waals surface area contributed by atoms with Gasteiger partial charge in [0.1, 0.15) is 6.67 Å². The van der Waals surface area contributed by atoms with Gasteiger partial charge in [0.25, 0.3) is 35.4 Å². The minimum atomic E-state index is -0.521. The summed E-state index contributed by atoms with van der Waals surface area (Å²) >= 11 is 0. The molecule has 0 aromatic rings. The number of carbonyl (C=O) groups is 6. The van der Waals surface area contributed by atoms with E-state index in [4.69, 9.17) is 5.73 Å². The summed E-state index contributed by atoms with van der Waals surface area (Å²) in [6, 6.07) is 0. The lowest BCUT2D eigenvalue weighted by atomic mass is 10.5. The Bertz CT molecular complexity index is 642. The predicted octanol–water partition coefficient (Wildman–Crippen LogP) is -2.38. The van der Waals surface area contributed by atoms with E-state index in [1.807, 2.05) is 0 Å². The van der Waals surface area contributed by atoms with Crippen LogP contribution in [0.4, 0.5) is 0 Å². The molecule has 0 spiro atoms. The summed E-state index contributed by atoms with van der Waals surface area (Å²) in [5, 5.41) is 0. The SMILES string of the molecule is NCN1C(=O)C=CC1=O.O=C1C=CC(=O)N1CN1C(=O)C=CC1=O. The van der Waals surface area contributed by atoms with E-state index in [2.05, 4.69) is 0 Å². The van der Waals surface area contributed by atoms with Gasteiger partial charge in [-0.3, -0.25) is 43.5 Å². The molecule has 0 bridgehead atoms. The molecular weight excluding hydrogens is 320 g/mol. The normalized spacial score (nSPS) is 19.1. The zero-order valence-electron chi connectivity index (χ0n) is 12.2. The fourth-order valence-corrected chi connectivity index (χ4v) is 1.89. The van der Waals surface area contributed by atoms with E-state index < -0.39 is 23.6 Å². The maximum Gasteiger partial charge on any atom is 0.255 e. The maximum absolute atomic E-state index is 11.1. The van der Waals surface area contributed by atoms with Gasteiger partial charge in [-0.15, -0.1) is 0 Å². The molecule has 10 heteroatoms. The topological polar surface area (TPSA) is 138 Å². The zero-order valence-corrected chi connectivity index (χ0v) is 12.2. The van der Waals surface area contributed by atoms with Crippen LogP contribution in [-0.2, 0) is 28.8 Å². The Hall–Kier alpha value is -3.40. The van der Waals surface area contributed by atoms with E-state index in [-0.39, 0.29) is 25.2 Å². The molecule has 3 aliphatic heterocycles. The predicted molar refractivity (Wildman–Crippen MR) is 76.9 cm³/mol. The molecule has 24 heavy (non-hydrogen) atoms. The van der Waals surface area contributed by atoms with Gasteiger partial charge in [0.05, 0.1) is 6.67 Å². The van der Waals surface area contributed by atoms with Gasteiger partial charge in [0.2, 0.25) is 0 Å². The number of rotatable bonds is 3. The lowest BCUT2D eigenvalue weighted by Crippen LogP contribution is -2.44. The van der Waals surface area contributed by atoms with Gasteiger partial charge in [0, 0.05) is 36.5 Å². The Labute approximate surface area is 135 Å². The minimum absolute atomic E-state index is 0.0370. The van der Waals surface area contributed by atoms with Crippen LogP contribution in [0.2, 0.25) is 0 Å². The Kier molecular flexibility index (Phi) is 4.80. The first-order valence-corrected chi connectivity index (χ1v) is 6.66. The lowest BCUT2D eigenvalue weighted by Gasteiger charge is -2.20. The van der Waals surface area contributed by atoms with Crippen LogP contribution in [-0.4, -0.2) is 63.5 Å². The highest BCUT2D eigenvalue weighted by Crippen LogP contribution is 2.09. The molecule has 124 valence electrons. The molecule has 3 heterocycles. The molecule has 10 nitrogen and oxygen atoms in total. The summed E-state index contributed by atoms with van der Waals surface area (Å²) in [6.07, 6.45) is 6.80. The fraction of sp³-hybridized carbons (Fsp3) is 0.143. The minimum Gasteiger partial charge on any atom is -0.313 e. The molecule has 0 unspecified atom stereocenters. The van der Waals surface area contributed by atoms with Crippen molar-refractivity contribution in [2.75, 3.05) is 13.3 Å². The van der Waals surface area contributed by atoms with Gasteiger partial charge in [-0.05, 0) is 0 Å². The third-order valence-electron chi connectivity index (χ3n) is 3.17. The van der Waals surface area contributed by atoms with Crippen molar-refractivity contribution < 1.29 is 28.8 Å². The molecule has 0 radical (unpaired) electrons. The molecule has 3 rings (SSSR count). The van der Waals surface area contributed by atoms with Gasteiger partial charge in [-0.2, -0.15) is 0 Å². The van der Waals surface area contributed by atoms with E-state index in [9.17, 15) is 28.8 Å². The van der Waals surface area contributed by atoms with Gasteiger partial charge >= 0.3 is 0 Å². The molecule has 0 aromatic heterocycles. The number of imide groups is 3. The third kappa shape index (κ3) is 3.33. The van der Waals surface area contributed by atoms with Gasteiger partial charge < -0.3 is 5.73 Å².